The second-order valence-corrected chi connectivity index (χ2v) is 4.95. The minimum absolute atomic E-state index is 0.671. The zero-order chi connectivity index (χ0) is 14.8. The van der Waals surface area contributed by atoms with Crippen molar-refractivity contribution in [1.82, 2.24) is 14.8 Å². The molecule has 3 rings (SSSR count). The van der Waals surface area contributed by atoms with E-state index in [9.17, 15) is 0 Å². The van der Waals surface area contributed by atoms with Gasteiger partial charge in [0.1, 0.15) is 0 Å². The van der Waals surface area contributed by atoms with Gasteiger partial charge < -0.3 is 10.1 Å². The molecule has 1 aromatic carbocycles. The predicted molar refractivity (Wildman–Crippen MR) is 83.6 cm³/mol. The molecular weight excluding hydrogens is 264 g/mol. The van der Waals surface area contributed by atoms with Crippen LogP contribution in [-0.4, -0.2) is 21.9 Å². The lowest BCUT2D eigenvalue weighted by Crippen LogP contribution is -2.03. The normalized spacial score (nSPS) is 10.8. The first-order valence-electron chi connectivity index (χ1n) is 6.84. The highest BCUT2D eigenvalue weighted by Gasteiger charge is 2.13. The van der Waals surface area contributed by atoms with Gasteiger partial charge in [0.15, 0.2) is 0 Å². The first-order valence-corrected chi connectivity index (χ1v) is 6.84. The Balaban J connectivity index is 1.91. The van der Waals surface area contributed by atoms with Crippen molar-refractivity contribution in [2.45, 2.75) is 13.5 Å². The Labute approximate surface area is 123 Å². The number of methoxy groups -OCH3 is 1. The van der Waals surface area contributed by atoms with E-state index in [-0.39, 0.29) is 0 Å². The molecule has 1 N–H and O–H groups in total. The summed E-state index contributed by atoms with van der Waals surface area (Å²) in [5.41, 5.74) is 3.13. The van der Waals surface area contributed by atoms with Crippen LogP contribution in [0.1, 0.15) is 11.3 Å². The summed E-state index contributed by atoms with van der Waals surface area (Å²) in [6.07, 6.45) is 3.68. The van der Waals surface area contributed by atoms with Crippen LogP contribution >= 0.6 is 0 Å². The van der Waals surface area contributed by atoms with Crippen molar-refractivity contribution in [2.24, 2.45) is 7.05 Å². The van der Waals surface area contributed by atoms with Gasteiger partial charge in [-0.2, -0.15) is 5.10 Å². The molecule has 5 nitrogen and oxygen atoms in total. The summed E-state index contributed by atoms with van der Waals surface area (Å²) < 4.78 is 7.19. The molecule has 21 heavy (non-hydrogen) atoms. The van der Waals surface area contributed by atoms with Crippen LogP contribution in [0.25, 0.3) is 10.8 Å². The quantitative estimate of drug-likeness (QED) is 0.799. The minimum Gasteiger partial charge on any atom is -0.481 e. The zero-order valence-corrected chi connectivity index (χ0v) is 12.4. The van der Waals surface area contributed by atoms with E-state index in [1.165, 1.54) is 0 Å². The van der Waals surface area contributed by atoms with Gasteiger partial charge in [0.05, 0.1) is 18.4 Å². The van der Waals surface area contributed by atoms with Gasteiger partial charge in [0, 0.05) is 42.4 Å². The smallest absolute Gasteiger partial charge is 0.216 e. The summed E-state index contributed by atoms with van der Waals surface area (Å²) in [6.45, 7) is 2.66. The number of rotatable bonds is 4. The van der Waals surface area contributed by atoms with Crippen LogP contribution in [0.4, 0.5) is 5.69 Å². The van der Waals surface area contributed by atoms with Crippen molar-refractivity contribution < 1.29 is 4.74 Å². The topological polar surface area (TPSA) is 52.0 Å². The maximum absolute atomic E-state index is 5.42. The lowest BCUT2D eigenvalue weighted by atomic mass is 10.1. The van der Waals surface area contributed by atoms with E-state index in [4.69, 9.17) is 4.74 Å². The lowest BCUT2D eigenvalue weighted by Gasteiger charge is -2.10. The average Bonchev–Trinajstić information content (AvgIpc) is 2.78. The van der Waals surface area contributed by atoms with Crippen molar-refractivity contribution in [3.05, 3.63) is 47.9 Å². The predicted octanol–water partition coefficient (Wildman–Crippen LogP) is 2.90. The Bertz CT molecular complexity index is 774. The molecule has 0 aliphatic rings. The Kier molecular flexibility index (Phi) is 3.48. The summed E-state index contributed by atoms with van der Waals surface area (Å²) in [6, 6.07) is 8.18. The molecule has 0 aliphatic carbocycles. The third kappa shape index (κ3) is 2.42. The summed E-state index contributed by atoms with van der Waals surface area (Å²) in [4.78, 5) is 4.16. The molecule has 0 unspecified atom stereocenters. The van der Waals surface area contributed by atoms with Crippen molar-refractivity contribution in [1.29, 1.82) is 0 Å². The molecule has 5 heteroatoms. The second-order valence-electron chi connectivity index (χ2n) is 4.95. The molecule has 0 bridgehead atoms. The number of nitrogens with one attached hydrogen (secondary N) is 1. The van der Waals surface area contributed by atoms with Crippen LogP contribution < -0.4 is 10.1 Å². The molecule has 0 aliphatic heterocycles. The molecule has 0 fully saturated rings. The summed E-state index contributed by atoms with van der Waals surface area (Å²) in [5, 5.41) is 10.2. The van der Waals surface area contributed by atoms with Gasteiger partial charge in [-0.1, -0.05) is 12.1 Å². The first kappa shape index (κ1) is 13.4. The molecule has 0 saturated carbocycles. The molecule has 0 atom stereocenters. The Morgan fingerprint density at radius 2 is 2.14 bits per heavy atom. The minimum atomic E-state index is 0.671. The third-order valence-electron chi connectivity index (χ3n) is 3.62. The zero-order valence-electron chi connectivity index (χ0n) is 12.4. The van der Waals surface area contributed by atoms with Crippen LogP contribution in [0.5, 0.6) is 5.88 Å². The highest BCUT2D eigenvalue weighted by Crippen LogP contribution is 2.25. The van der Waals surface area contributed by atoms with Gasteiger partial charge >= 0.3 is 0 Å². The largest absolute Gasteiger partial charge is 0.481 e. The molecule has 0 spiro atoms. The van der Waals surface area contributed by atoms with E-state index in [0.717, 1.165) is 33.6 Å². The van der Waals surface area contributed by atoms with Gasteiger partial charge in [-0.25, -0.2) is 4.68 Å². The maximum atomic E-state index is 5.42. The molecule has 0 radical (unpaired) electrons. The standard InChI is InChI=1S/C16H18N4O/c1-11-14(16(21-3)20(2)19-11)10-18-15-6-4-5-12-9-17-8-7-13(12)15/h4-9,18H,10H2,1-3H3. The van der Waals surface area contributed by atoms with Gasteiger partial charge in [-0.3, -0.25) is 4.98 Å². The fourth-order valence-corrected chi connectivity index (χ4v) is 2.60. The van der Waals surface area contributed by atoms with E-state index in [2.05, 4.69) is 27.5 Å². The number of hydrogen-bond acceptors (Lipinski definition) is 4. The lowest BCUT2D eigenvalue weighted by molar-refractivity contribution is 0.370. The number of anilines is 1. The van der Waals surface area contributed by atoms with Gasteiger partial charge in [0.25, 0.3) is 0 Å². The highest BCUT2D eigenvalue weighted by molar-refractivity contribution is 5.93. The van der Waals surface area contributed by atoms with Gasteiger partial charge in [0.2, 0.25) is 5.88 Å². The number of pyridine rings is 1. The van der Waals surface area contributed by atoms with Crippen molar-refractivity contribution in [3.8, 4) is 5.88 Å². The number of fused-ring (bicyclic) bond motifs is 1. The number of benzene rings is 1. The Morgan fingerprint density at radius 3 is 2.95 bits per heavy atom. The van der Waals surface area contributed by atoms with Gasteiger partial charge in [-0.15, -0.1) is 0 Å². The number of aromatic nitrogens is 3. The molecule has 0 amide bonds. The molecular formula is C16H18N4O. The first-order chi connectivity index (χ1) is 10.2. The SMILES string of the molecule is COc1c(CNc2cccc3cnccc23)c(C)nn1C. The number of aryl methyl sites for hydroxylation is 2. The van der Waals surface area contributed by atoms with Crippen LogP contribution in [0.15, 0.2) is 36.7 Å². The molecule has 0 saturated heterocycles. The average molecular weight is 282 g/mol. The van der Waals surface area contributed by atoms with Crippen molar-refractivity contribution in [3.63, 3.8) is 0 Å². The van der Waals surface area contributed by atoms with E-state index < -0.39 is 0 Å². The van der Waals surface area contributed by atoms with Crippen LogP contribution in [0.3, 0.4) is 0 Å². The number of hydrogen-bond donors (Lipinski definition) is 1. The van der Waals surface area contributed by atoms with Crippen molar-refractivity contribution >= 4 is 16.5 Å². The van der Waals surface area contributed by atoms with E-state index in [1.54, 1.807) is 11.8 Å². The maximum Gasteiger partial charge on any atom is 0.216 e. The van der Waals surface area contributed by atoms with E-state index in [0.29, 0.717) is 6.54 Å². The van der Waals surface area contributed by atoms with E-state index in [1.807, 2.05) is 38.5 Å². The Hall–Kier alpha value is -2.56. The Morgan fingerprint density at radius 1 is 1.29 bits per heavy atom. The molecule has 2 aromatic heterocycles. The van der Waals surface area contributed by atoms with Crippen LogP contribution in [0, 0.1) is 6.92 Å². The molecule has 3 aromatic rings. The summed E-state index contributed by atoms with van der Waals surface area (Å²) in [7, 11) is 3.56. The van der Waals surface area contributed by atoms with Crippen molar-refractivity contribution in [2.75, 3.05) is 12.4 Å². The summed E-state index contributed by atoms with van der Waals surface area (Å²) >= 11 is 0. The monoisotopic (exact) mass is 282 g/mol. The highest BCUT2D eigenvalue weighted by atomic mass is 16.5. The van der Waals surface area contributed by atoms with Crippen LogP contribution in [-0.2, 0) is 13.6 Å². The third-order valence-corrected chi connectivity index (χ3v) is 3.62. The molecule has 2 heterocycles. The van der Waals surface area contributed by atoms with Crippen LogP contribution in [0.2, 0.25) is 0 Å². The van der Waals surface area contributed by atoms with E-state index >= 15 is 0 Å². The molecule has 108 valence electrons. The fraction of sp³-hybridized carbons (Fsp3) is 0.250. The fourth-order valence-electron chi connectivity index (χ4n) is 2.60. The second kappa shape index (κ2) is 5.44. The van der Waals surface area contributed by atoms with Gasteiger partial charge in [-0.05, 0) is 19.1 Å². The number of nitrogens with zero attached hydrogens (tertiary/aromatic N) is 3. The number of ether oxygens (including phenoxy) is 1. The summed E-state index contributed by atoms with van der Waals surface area (Å²) in [5.74, 6) is 0.793.